The van der Waals surface area contributed by atoms with Gasteiger partial charge in [-0.15, -0.1) is 0 Å². The number of nitrogens with two attached hydrogens (primary N) is 1. The molecule has 0 unspecified atom stereocenters. The standard InChI is InChI=1S/C38H32N2/c39-40(37(31-19-7-1-8-20-31,32-21-9-2-10-22-32)33-23-11-3-12-24-33)38(34-25-13-4-14-26-34,35-27-15-5-16-28-35)36-29-17-6-18-30-36/h1-30H,39H2. The molecule has 0 aromatic heterocycles. The summed E-state index contributed by atoms with van der Waals surface area (Å²) in [6.07, 6.45) is 0. The van der Waals surface area contributed by atoms with Gasteiger partial charge in [0, 0.05) is 0 Å². The summed E-state index contributed by atoms with van der Waals surface area (Å²) >= 11 is 0. The highest BCUT2D eigenvalue weighted by atomic mass is 15.5. The minimum absolute atomic E-state index is 0.856. The maximum absolute atomic E-state index is 7.86. The van der Waals surface area contributed by atoms with E-state index in [1.807, 2.05) is 0 Å². The van der Waals surface area contributed by atoms with E-state index in [-0.39, 0.29) is 0 Å². The first-order chi connectivity index (χ1) is 19.8. The van der Waals surface area contributed by atoms with Crippen molar-refractivity contribution >= 4 is 0 Å². The molecule has 2 N–H and O–H groups in total. The Balaban J connectivity index is 1.81. The molecule has 6 rings (SSSR count). The lowest BCUT2D eigenvalue weighted by atomic mass is 9.69. The maximum Gasteiger partial charge on any atom is 0.112 e. The molecule has 6 aromatic carbocycles. The van der Waals surface area contributed by atoms with Crippen molar-refractivity contribution in [3.05, 3.63) is 215 Å². The van der Waals surface area contributed by atoms with E-state index >= 15 is 0 Å². The summed E-state index contributed by atoms with van der Waals surface area (Å²) in [5.74, 6) is 7.86. The molecular weight excluding hydrogens is 484 g/mol. The highest BCUT2D eigenvalue weighted by Crippen LogP contribution is 2.51. The van der Waals surface area contributed by atoms with Crippen molar-refractivity contribution in [2.45, 2.75) is 11.1 Å². The monoisotopic (exact) mass is 516 g/mol. The summed E-state index contributed by atoms with van der Waals surface area (Å²) in [6.45, 7) is 0. The van der Waals surface area contributed by atoms with Crippen molar-refractivity contribution in [1.82, 2.24) is 5.01 Å². The van der Waals surface area contributed by atoms with Gasteiger partial charge in [0.2, 0.25) is 0 Å². The molecule has 2 heteroatoms. The summed E-state index contributed by atoms with van der Waals surface area (Å²) in [4.78, 5) is 0. The molecule has 0 fully saturated rings. The molecule has 0 atom stereocenters. The van der Waals surface area contributed by atoms with Crippen LogP contribution in [-0.2, 0) is 11.1 Å². The van der Waals surface area contributed by atoms with E-state index in [4.69, 9.17) is 5.84 Å². The van der Waals surface area contributed by atoms with Crippen molar-refractivity contribution in [2.24, 2.45) is 5.84 Å². The highest BCUT2D eigenvalue weighted by molar-refractivity contribution is 5.56. The summed E-state index contributed by atoms with van der Waals surface area (Å²) in [5.41, 5.74) is 4.80. The second-order valence-corrected chi connectivity index (χ2v) is 9.99. The Hall–Kier alpha value is -4.76. The van der Waals surface area contributed by atoms with Crippen molar-refractivity contribution in [1.29, 1.82) is 0 Å². The number of hydrogen-bond donors (Lipinski definition) is 1. The Bertz CT molecular complexity index is 1300. The van der Waals surface area contributed by atoms with Gasteiger partial charge in [0.05, 0.1) is 0 Å². The van der Waals surface area contributed by atoms with Crippen LogP contribution in [0, 0.1) is 0 Å². The smallest absolute Gasteiger partial charge is 0.112 e. The molecule has 0 saturated carbocycles. The largest absolute Gasteiger partial charge is 0.266 e. The van der Waals surface area contributed by atoms with Gasteiger partial charge in [-0.25, -0.2) is 5.01 Å². The molecule has 0 aliphatic carbocycles. The lowest BCUT2D eigenvalue weighted by Crippen LogP contribution is -2.63. The zero-order valence-electron chi connectivity index (χ0n) is 22.3. The van der Waals surface area contributed by atoms with Crippen LogP contribution in [0.2, 0.25) is 0 Å². The number of hydrogen-bond acceptors (Lipinski definition) is 2. The van der Waals surface area contributed by atoms with Crippen LogP contribution in [0.5, 0.6) is 0 Å². The SMILES string of the molecule is NN(C(c1ccccc1)(c1ccccc1)c1ccccc1)C(c1ccccc1)(c1ccccc1)c1ccccc1. The Morgan fingerprint density at radius 2 is 0.425 bits per heavy atom. The third-order valence-corrected chi connectivity index (χ3v) is 7.87. The Labute approximate surface area is 237 Å². The Kier molecular flexibility index (Phi) is 7.11. The molecule has 0 heterocycles. The minimum atomic E-state index is -0.856. The highest BCUT2D eigenvalue weighted by Gasteiger charge is 2.53. The molecule has 194 valence electrons. The van der Waals surface area contributed by atoms with Gasteiger partial charge >= 0.3 is 0 Å². The first kappa shape index (κ1) is 25.5. The number of nitrogens with zero attached hydrogens (tertiary/aromatic N) is 1. The van der Waals surface area contributed by atoms with Gasteiger partial charge in [-0.2, -0.15) is 0 Å². The zero-order valence-corrected chi connectivity index (χ0v) is 22.3. The lowest BCUT2D eigenvalue weighted by Gasteiger charge is -2.53. The summed E-state index contributed by atoms with van der Waals surface area (Å²) in [6, 6.07) is 63.7. The van der Waals surface area contributed by atoms with Crippen LogP contribution in [0.25, 0.3) is 0 Å². The van der Waals surface area contributed by atoms with Crippen molar-refractivity contribution in [3.8, 4) is 0 Å². The average molecular weight is 517 g/mol. The Morgan fingerprint density at radius 3 is 0.575 bits per heavy atom. The van der Waals surface area contributed by atoms with E-state index in [0.717, 1.165) is 33.4 Å². The van der Waals surface area contributed by atoms with E-state index in [0.29, 0.717) is 0 Å². The maximum atomic E-state index is 7.86. The van der Waals surface area contributed by atoms with Gasteiger partial charge < -0.3 is 0 Å². The van der Waals surface area contributed by atoms with Crippen LogP contribution < -0.4 is 5.84 Å². The van der Waals surface area contributed by atoms with Crippen LogP contribution in [0.4, 0.5) is 0 Å². The van der Waals surface area contributed by atoms with Gasteiger partial charge in [0.15, 0.2) is 0 Å². The van der Waals surface area contributed by atoms with Gasteiger partial charge in [-0.1, -0.05) is 182 Å². The van der Waals surface area contributed by atoms with Gasteiger partial charge in [-0.05, 0) is 33.4 Å². The van der Waals surface area contributed by atoms with E-state index in [2.05, 4.69) is 187 Å². The first-order valence-corrected chi connectivity index (χ1v) is 13.7. The van der Waals surface area contributed by atoms with Gasteiger partial charge in [0.25, 0.3) is 0 Å². The predicted octanol–water partition coefficient (Wildman–Crippen LogP) is 8.15. The predicted molar refractivity (Wildman–Crippen MR) is 164 cm³/mol. The van der Waals surface area contributed by atoms with Crippen LogP contribution >= 0.6 is 0 Å². The molecule has 6 aromatic rings. The quantitative estimate of drug-likeness (QED) is 0.126. The number of hydrazine groups is 1. The zero-order chi connectivity index (χ0) is 27.3. The molecule has 0 amide bonds. The first-order valence-electron chi connectivity index (χ1n) is 13.7. The third kappa shape index (κ3) is 4.15. The van der Waals surface area contributed by atoms with Crippen LogP contribution in [0.3, 0.4) is 0 Å². The normalized spacial score (nSPS) is 11.8. The average Bonchev–Trinajstić information content (AvgIpc) is 3.05. The van der Waals surface area contributed by atoms with Gasteiger partial charge in [0.1, 0.15) is 11.1 Å². The minimum Gasteiger partial charge on any atom is -0.266 e. The van der Waals surface area contributed by atoms with Crippen molar-refractivity contribution < 1.29 is 0 Å². The van der Waals surface area contributed by atoms with E-state index in [9.17, 15) is 0 Å². The van der Waals surface area contributed by atoms with Crippen LogP contribution in [0.1, 0.15) is 33.4 Å². The molecule has 0 aliphatic rings. The lowest BCUT2D eigenvalue weighted by molar-refractivity contribution is 0.0652. The summed E-state index contributed by atoms with van der Waals surface area (Å²) < 4.78 is 0. The fourth-order valence-corrected chi connectivity index (χ4v) is 6.16. The van der Waals surface area contributed by atoms with E-state index in [1.165, 1.54) is 0 Å². The molecule has 0 saturated heterocycles. The second-order valence-electron chi connectivity index (χ2n) is 9.99. The van der Waals surface area contributed by atoms with Crippen LogP contribution in [0.15, 0.2) is 182 Å². The van der Waals surface area contributed by atoms with Crippen molar-refractivity contribution in [3.63, 3.8) is 0 Å². The van der Waals surface area contributed by atoms with Crippen molar-refractivity contribution in [2.75, 3.05) is 0 Å². The molecule has 0 radical (unpaired) electrons. The molecular formula is C38H32N2. The third-order valence-electron chi connectivity index (χ3n) is 7.87. The van der Waals surface area contributed by atoms with E-state index in [1.54, 1.807) is 0 Å². The number of benzene rings is 6. The molecule has 0 spiro atoms. The van der Waals surface area contributed by atoms with E-state index < -0.39 is 11.1 Å². The molecule has 0 aliphatic heterocycles. The number of rotatable bonds is 8. The van der Waals surface area contributed by atoms with Gasteiger partial charge in [-0.3, -0.25) is 5.84 Å². The fourth-order valence-electron chi connectivity index (χ4n) is 6.16. The van der Waals surface area contributed by atoms with Crippen LogP contribution in [-0.4, -0.2) is 5.01 Å². The summed E-state index contributed by atoms with van der Waals surface area (Å²) in [7, 11) is 0. The molecule has 0 bridgehead atoms. The molecule has 40 heavy (non-hydrogen) atoms. The Morgan fingerprint density at radius 1 is 0.275 bits per heavy atom. The fraction of sp³-hybridized carbons (Fsp3) is 0.0526. The molecule has 2 nitrogen and oxygen atoms in total. The second kappa shape index (κ2) is 11.2. The summed E-state index contributed by atoms with van der Waals surface area (Å²) in [5, 5.41) is 2.10. The topological polar surface area (TPSA) is 29.3 Å².